The van der Waals surface area contributed by atoms with E-state index < -0.39 is 0 Å². The highest BCUT2D eigenvalue weighted by molar-refractivity contribution is 9.10. The number of halogens is 2. The van der Waals surface area contributed by atoms with E-state index in [4.69, 9.17) is 16.3 Å². The lowest BCUT2D eigenvalue weighted by Crippen LogP contribution is -2.22. The van der Waals surface area contributed by atoms with E-state index in [-0.39, 0.29) is 6.10 Å². The van der Waals surface area contributed by atoms with Crippen LogP contribution < -0.4 is 0 Å². The summed E-state index contributed by atoms with van der Waals surface area (Å²) in [5.74, 6) is 0. The molecule has 0 aromatic heterocycles. The molecular formula is C17H19BrClNO. The number of nitrogens with zero attached hydrogens (tertiary/aromatic N) is 1. The van der Waals surface area contributed by atoms with Crippen LogP contribution >= 0.6 is 27.5 Å². The van der Waals surface area contributed by atoms with Crippen LogP contribution in [-0.4, -0.2) is 25.5 Å². The topological polar surface area (TPSA) is 12.5 Å². The maximum absolute atomic E-state index is 6.10. The summed E-state index contributed by atoms with van der Waals surface area (Å²) in [6.45, 7) is 1.42. The van der Waals surface area contributed by atoms with E-state index >= 15 is 0 Å². The Hall–Kier alpha value is -0.870. The quantitative estimate of drug-likeness (QED) is 0.717. The van der Waals surface area contributed by atoms with Gasteiger partial charge in [0, 0.05) is 16.0 Å². The molecule has 0 aliphatic carbocycles. The van der Waals surface area contributed by atoms with Crippen molar-refractivity contribution in [1.82, 2.24) is 4.90 Å². The average Bonchev–Trinajstić information content (AvgIpc) is 2.46. The third-order valence-corrected chi connectivity index (χ3v) is 3.92. The predicted octanol–water partition coefficient (Wildman–Crippen LogP) is 4.92. The molecule has 0 aliphatic heterocycles. The molecule has 0 amide bonds. The van der Waals surface area contributed by atoms with Crippen LogP contribution in [0.4, 0.5) is 0 Å². The van der Waals surface area contributed by atoms with Crippen LogP contribution in [0.5, 0.6) is 0 Å². The highest BCUT2D eigenvalue weighted by Crippen LogP contribution is 2.22. The molecule has 0 heterocycles. The molecule has 0 saturated heterocycles. The third-order valence-electron chi connectivity index (χ3n) is 3.14. The van der Waals surface area contributed by atoms with Crippen molar-refractivity contribution in [3.8, 4) is 0 Å². The predicted molar refractivity (Wildman–Crippen MR) is 91.7 cm³/mol. The van der Waals surface area contributed by atoms with Crippen LogP contribution in [0.25, 0.3) is 0 Å². The van der Waals surface area contributed by atoms with E-state index in [0.29, 0.717) is 6.61 Å². The Morgan fingerprint density at radius 3 is 2.24 bits per heavy atom. The molecule has 1 atom stereocenters. The minimum Gasteiger partial charge on any atom is -0.368 e. The first-order chi connectivity index (χ1) is 10.0. The van der Waals surface area contributed by atoms with E-state index in [1.54, 1.807) is 0 Å². The molecule has 2 aromatic carbocycles. The SMILES string of the molecule is CN(C)CC(OCc1ccc(Br)cc1)c1ccc(Cl)cc1. The van der Waals surface area contributed by atoms with Crippen molar-refractivity contribution in [2.45, 2.75) is 12.7 Å². The fourth-order valence-corrected chi connectivity index (χ4v) is 2.43. The maximum atomic E-state index is 6.10. The van der Waals surface area contributed by atoms with Gasteiger partial charge in [-0.3, -0.25) is 0 Å². The van der Waals surface area contributed by atoms with Gasteiger partial charge in [-0.05, 0) is 49.5 Å². The van der Waals surface area contributed by atoms with Crippen molar-refractivity contribution in [1.29, 1.82) is 0 Å². The molecular weight excluding hydrogens is 350 g/mol. The van der Waals surface area contributed by atoms with Crippen molar-refractivity contribution < 1.29 is 4.74 Å². The Morgan fingerprint density at radius 1 is 1.05 bits per heavy atom. The Labute approximate surface area is 139 Å². The molecule has 2 nitrogen and oxygen atoms in total. The van der Waals surface area contributed by atoms with E-state index in [1.165, 1.54) is 0 Å². The number of hydrogen-bond donors (Lipinski definition) is 0. The van der Waals surface area contributed by atoms with Crippen LogP contribution in [0.1, 0.15) is 17.2 Å². The van der Waals surface area contributed by atoms with Crippen LogP contribution in [0.2, 0.25) is 5.02 Å². The van der Waals surface area contributed by atoms with Crippen LogP contribution in [0.3, 0.4) is 0 Å². The van der Waals surface area contributed by atoms with Gasteiger partial charge < -0.3 is 9.64 Å². The second-order valence-corrected chi connectivity index (χ2v) is 6.59. The highest BCUT2D eigenvalue weighted by atomic mass is 79.9. The van der Waals surface area contributed by atoms with Gasteiger partial charge in [-0.2, -0.15) is 0 Å². The number of benzene rings is 2. The zero-order chi connectivity index (χ0) is 15.2. The van der Waals surface area contributed by atoms with Gasteiger partial charge in [0.25, 0.3) is 0 Å². The second-order valence-electron chi connectivity index (χ2n) is 5.24. The Bertz CT molecular complexity index is 554. The van der Waals surface area contributed by atoms with Gasteiger partial charge in [0.05, 0.1) is 12.7 Å². The van der Waals surface area contributed by atoms with Gasteiger partial charge in [0.2, 0.25) is 0 Å². The molecule has 0 radical (unpaired) electrons. The minimum atomic E-state index is 0.0286. The summed E-state index contributed by atoms with van der Waals surface area (Å²) in [7, 11) is 4.10. The molecule has 112 valence electrons. The molecule has 1 unspecified atom stereocenters. The number of likely N-dealkylation sites (N-methyl/N-ethyl adjacent to an activating group) is 1. The molecule has 0 N–H and O–H groups in total. The molecule has 0 spiro atoms. The highest BCUT2D eigenvalue weighted by Gasteiger charge is 2.13. The summed E-state index contributed by atoms with van der Waals surface area (Å²) in [5.41, 5.74) is 2.31. The monoisotopic (exact) mass is 367 g/mol. The zero-order valence-electron chi connectivity index (χ0n) is 12.2. The van der Waals surface area contributed by atoms with Crippen LogP contribution in [0, 0.1) is 0 Å². The first kappa shape index (κ1) is 16.5. The number of ether oxygens (including phenoxy) is 1. The van der Waals surface area contributed by atoms with Gasteiger partial charge in [0.1, 0.15) is 0 Å². The van der Waals surface area contributed by atoms with E-state index in [9.17, 15) is 0 Å². The fourth-order valence-electron chi connectivity index (χ4n) is 2.04. The van der Waals surface area contributed by atoms with Gasteiger partial charge in [0.15, 0.2) is 0 Å². The van der Waals surface area contributed by atoms with Crippen molar-refractivity contribution in [2.75, 3.05) is 20.6 Å². The summed E-state index contributed by atoms with van der Waals surface area (Å²) in [5, 5.41) is 0.746. The summed E-state index contributed by atoms with van der Waals surface area (Å²) in [6, 6.07) is 16.1. The summed E-state index contributed by atoms with van der Waals surface area (Å²) in [6.07, 6.45) is 0.0286. The smallest absolute Gasteiger partial charge is 0.0956 e. The van der Waals surface area contributed by atoms with E-state index in [0.717, 1.165) is 27.2 Å². The van der Waals surface area contributed by atoms with E-state index in [1.807, 2.05) is 50.5 Å². The molecule has 0 bridgehead atoms. The largest absolute Gasteiger partial charge is 0.368 e. The van der Waals surface area contributed by atoms with Crippen molar-refractivity contribution in [2.24, 2.45) is 0 Å². The molecule has 0 aliphatic rings. The van der Waals surface area contributed by atoms with Gasteiger partial charge in [-0.15, -0.1) is 0 Å². The molecule has 0 fully saturated rings. The lowest BCUT2D eigenvalue weighted by molar-refractivity contribution is 0.0230. The Morgan fingerprint density at radius 2 is 1.67 bits per heavy atom. The standard InChI is InChI=1S/C17H19BrClNO/c1-20(2)11-17(14-5-9-16(19)10-6-14)21-12-13-3-7-15(18)8-4-13/h3-10,17H,11-12H2,1-2H3. The number of hydrogen-bond acceptors (Lipinski definition) is 2. The molecule has 21 heavy (non-hydrogen) atoms. The van der Waals surface area contributed by atoms with Crippen molar-refractivity contribution in [3.63, 3.8) is 0 Å². The average molecular weight is 369 g/mol. The minimum absolute atomic E-state index is 0.0286. The second kappa shape index (κ2) is 7.95. The van der Waals surface area contributed by atoms with E-state index in [2.05, 4.69) is 33.0 Å². The third kappa shape index (κ3) is 5.44. The molecule has 2 aromatic rings. The first-order valence-electron chi connectivity index (χ1n) is 6.81. The van der Waals surface area contributed by atoms with Crippen LogP contribution in [0.15, 0.2) is 53.0 Å². The fraction of sp³-hybridized carbons (Fsp3) is 0.294. The van der Waals surface area contributed by atoms with Gasteiger partial charge >= 0.3 is 0 Å². The Balaban J connectivity index is 2.05. The molecule has 0 saturated carbocycles. The Kier molecular flexibility index (Phi) is 6.24. The maximum Gasteiger partial charge on any atom is 0.0956 e. The summed E-state index contributed by atoms with van der Waals surface area (Å²) < 4.78 is 7.18. The van der Waals surface area contributed by atoms with Gasteiger partial charge in [-0.25, -0.2) is 0 Å². The molecule has 2 rings (SSSR count). The summed E-state index contributed by atoms with van der Waals surface area (Å²) >= 11 is 9.40. The van der Waals surface area contributed by atoms with Gasteiger partial charge in [-0.1, -0.05) is 51.8 Å². The summed E-state index contributed by atoms with van der Waals surface area (Å²) in [4.78, 5) is 2.13. The number of rotatable bonds is 6. The lowest BCUT2D eigenvalue weighted by atomic mass is 10.1. The normalized spacial score (nSPS) is 12.6. The van der Waals surface area contributed by atoms with Crippen LogP contribution in [-0.2, 0) is 11.3 Å². The first-order valence-corrected chi connectivity index (χ1v) is 7.98. The zero-order valence-corrected chi connectivity index (χ0v) is 14.6. The molecule has 4 heteroatoms. The van der Waals surface area contributed by atoms with Crippen molar-refractivity contribution in [3.05, 3.63) is 69.2 Å². The lowest BCUT2D eigenvalue weighted by Gasteiger charge is -2.22. The van der Waals surface area contributed by atoms with Crippen molar-refractivity contribution >= 4 is 27.5 Å².